The summed E-state index contributed by atoms with van der Waals surface area (Å²) in [6.45, 7) is 3.83. The Balaban J connectivity index is 1.97. The highest BCUT2D eigenvalue weighted by Gasteiger charge is 2.22. The van der Waals surface area contributed by atoms with Crippen LogP contribution in [0, 0.1) is 6.92 Å². The molecule has 2 aromatic rings. The van der Waals surface area contributed by atoms with Gasteiger partial charge in [0.1, 0.15) is 5.58 Å². The van der Waals surface area contributed by atoms with Gasteiger partial charge in [-0.15, -0.1) is 0 Å². The lowest BCUT2D eigenvalue weighted by molar-refractivity contribution is 0.0843. The van der Waals surface area contributed by atoms with Crippen molar-refractivity contribution in [3.05, 3.63) is 45.8 Å². The molecule has 1 N–H and O–H groups in total. The molecule has 0 saturated carbocycles. The van der Waals surface area contributed by atoms with E-state index >= 15 is 0 Å². The number of rotatable bonds is 3. The fraction of sp³-hybridized carbons (Fsp3) is 0.471. The highest BCUT2D eigenvalue weighted by Crippen LogP contribution is 2.23. The zero-order valence-corrected chi connectivity index (χ0v) is 12.3. The molecule has 112 valence electrons. The highest BCUT2D eigenvalue weighted by atomic mass is 16.4. The van der Waals surface area contributed by atoms with Gasteiger partial charge in [-0.25, -0.2) is 4.79 Å². The van der Waals surface area contributed by atoms with Gasteiger partial charge in [-0.1, -0.05) is 18.6 Å². The maximum Gasteiger partial charge on any atom is 0.336 e. The van der Waals surface area contributed by atoms with Crippen molar-refractivity contribution in [2.75, 3.05) is 13.2 Å². The number of fused-ring (bicyclic) bond motifs is 1. The van der Waals surface area contributed by atoms with Crippen molar-refractivity contribution < 1.29 is 9.52 Å². The van der Waals surface area contributed by atoms with E-state index in [1.807, 2.05) is 25.1 Å². The Labute approximate surface area is 124 Å². The van der Waals surface area contributed by atoms with Crippen molar-refractivity contribution in [3.63, 3.8) is 0 Å². The average Bonchev–Trinajstić information content (AvgIpc) is 2.47. The first kappa shape index (κ1) is 14.3. The van der Waals surface area contributed by atoms with E-state index in [4.69, 9.17) is 4.42 Å². The van der Waals surface area contributed by atoms with Crippen LogP contribution in [-0.4, -0.2) is 29.2 Å². The summed E-state index contributed by atoms with van der Waals surface area (Å²) >= 11 is 0. The first-order valence-corrected chi connectivity index (χ1v) is 7.55. The van der Waals surface area contributed by atoms with E-state index < -0.39 is 0 Å². The molecule has 0 radical (unpaired) electrons. The summed E-state index contributed by atoms with van der Waals surface area (Å²) in [4.78, 5) is 14.0. The standard InChI is InChI=1S/C17H21NO3/c1-12-5-6-15-13(9-17(20)21-16(15)8-12)10-18-7-3-2-4-14(18)11-19/h5-6,8-9,14,19H,2-4,7,10-11H2,1H3. The van der Waals surface area contributed by atoms with Gasteiger partial charge >= 0.3 is 5.63 Å². The highest BCUT2D eigenvalue weighted by molar-refractivity contribution is 5.80. The van der Waals surface area contributed by atoms with Crippen LogP contribution in [0.15, 0.2) is 33.5 Å². The van der Waals surface area contributed by atoms with Crippen LogP contribution in [0.2, 0.25) is 0 Å². The van der Waals surface area contributed by atoms with E-state index in [-0.39, 0.29) is 18.3 Å². The minimum atomic E-state index is -0.305. The molecule has 1 fully saturated rings. The maximum absolute atomic E-state index is 11.8. The van der Waals surface area contributed by atoms with Crippen LogP contribution < -0.4 is 5.63 Å². The van der Waals surface area contributed by atoms with E-state index in [0.717, 1.165) is 35.9 Å². The predicted octanol–water partition coefficient (Wildman–Crippen LogP) is 2.45. The molecule has 1 saturated heterocycles. The fourth-order valence-corrected chi connectivity index (χ4v) is 3.16. The smallest absolute Gasteiger partial charge is 0.336 e. The molecule has 2 heterocycles. The molecule has 1 aliphatic rings. The average molecular weight is 287 g/mol. The van der Waals surface area contributed by atoms with Gasteiger partial charge in [0.25, 0.3) is 0 Å². The molecular weight excluding hydrogens is 266 g/mol. The molecule has 0 aliphatic carbocycles. The number of hydrogen-bond donors (Lipinski definition) is 1. The van der Waals surface area contributed by atoms with Gasteiger partial charge in [-0.05, 0) is 43.5 Å². The van der Waals surface area contributed by atoms with Crippen molar-refractivity contribution in [2.24, 2.45) is 0 Å². The van der Waals surface area contributed by atoms with Crippen LogP contribution in [0.1, 0.15) is 30.4 Å². The Morgan fingerprint density at radius 3 is 3.00 bits per heavy atom. The van der Waals surface area contributed by atoms with E-state index in [0.29, 0.717) is 12.1 Å². The fourth-order valence-electron chi connectivity index (χ4n) is 3.16. The first-order valence-electron chi connectivity index (χ1n) is 7.55. The molecule has 1 aliphatic heterocycles. The zero-order valence-electron chi connectivity index (χ0n) is 12.3. The van der Waals surface area contributed by atoms with Crippen molar-refractivity contribution in [2.45, 2.75) is 38.8 Å². The maximum atomic E-state index is 11.8. The van der Waals surface area contributed by atoms with Gasteiger partial charge in [0, 0.05) is 24.0 Å². The van der Waals surface area contributed by atoms with Crippen molar-refractivity contribution in [1.29, 1.82) is 0 Å². The van der Waals surface area contributed by atoms with E-state index in [2.05, 4.69) is 4.90 Å². The van der Waals surface area contributed by atoms with Gasteiger partial charge in [-0.3, -0.25) is 4.90 Å². The summed E-state index contributed by atoms with van der Waals surface area (Å²) in [5, 5.41) is 10.5. The van der Waals surface area contributed by atoms with Crippen molar-refractivity contribution in [1.82, 2.24) is 4.90 Å². The topological polar surface area (TPSA) is 53.7 Å². The van der Waals surface area contributed by atoms with Gasteiger partial charge in [0.15, 0.2) is 0 Å². The monoisotopic (exact) mass is 287 g/mol. The summed E-state index contributed by atoms with van der Waals surface area (Å²) in [6, 6.07) is 7.74. The molecule has 21 heavy (non-hydrogen) atoms. The molecule has 1 unspecified atom stereocenters. The lowest BCUT2D eigenvalue weighted by atomic mass is 10.0. The number of piperidine rings is 1. The van der Waals surface area contributed by atoms with Crippen LogP contribution >= 0.6 is 0 Å². The van der Waals surface area contributed by atoms with Gasteiger partial charge in [-0.2, -0.15) is 0 Å². The lowest BCUT2D eigenvalue weighted by Gasteiger charge is -2.34. The Hall–Kier alpha value is -1.65. The van der Waals surface area contributed by atoms with E-state index in [1.54, 1.807) is 6.07 Å². The summed E-state index contributed by atoms with van der Waals surface area (Å²) in [5.74, 6) is 0. The van der Waals surface area contributed by atoms with Gasteiger partial charge in [0.2, 0.25) is 0 Å². The predicted molar refractivity (Wildman–Crippen MR) is 82.4 cm³/mol. The zero-order chi connectivity index (χ0) is 14.8. The number of aliphatic hydroxyl groups is 1. The first-order chi connectivity index (χ1) is 10.2. The number of aliphatic hydroxyl groups excluding tert-OH is 1. The molecule has 3 rings (SSSR count). The van der Waals surface area contributed by atoms with Crippen LogP contribution in [0.3, 0.4) is 0 Å². The Kier molecular flexibility index (Phi) is 4.08. The molecule has 1 aromatic carbocycles. The van der Waals surface area contributed by atoms with Crippen LogP contribution in [0.5, 0.6) is 0 Å². The second kappa shape index (κ2) is 6.00. The van der Waals surface area contributed by atoms with Crippen molar-refractivity contribution in [3.8, 4) is 0 Å². The summed E-state index contributed by atoms with van der Waals surface area (Å²) in [5.41, 5.74) is 2.41. The van der Waals surface area contributed by atoms with Crippen LogP contribution in [-0.2, 0) is 6.54 Å². The number of likely N-dealkylation sites (tertiary alicyclic amines) is 1. The third kappa shape index (κ3) is 3.01. The second-order valence-electron chi connectivity index (χ2n) is 5.89. The summed E-state index contributed by atoms with van der Waals surface area (Å²) in [6.07, 6.45) is 3.34. The molecule has 4 heteroatoms. The summed E-state index contributed by atoms with van der Waals surface area (Å²) in [7, 11) is 0. The second-order valence-corrected chi connectivity index (χ2v) is 5.89. The Bertz CT molecular complexity index is 692. The molecule has 0 bridgehead atoms. The molecule has 4 nitrogen and oxygen atoms in total. The minimum absolute atomic E-state index is 0.179. The Morgan fingerprint density at radius 2 is 2.19 bits per heavy atom. The summed E-state index contributed by atoms with van der Waals surface area (Å²) < 4.78 is 5.30. The van der Waals surface area contributed by atoms with Crippen LogP contribution in [0.4, 0.5) is 0 Å². The van der Waals surface area contributed by atoms with Crippen LogP contribution in [0.25, 0.3) is 11.0 Å². The third-order valence-corrected chi connectivity index (χ3v) is 4.32. The van der Waals surface area contributed by atoms with Gasteiger partial charge < -0.3 is 9.52 Å². The normalized spacial score (nSPS) is 20.0. The quantitative estimate of drug-likeness (QED) is 0.881. The molecule has 0 amide bonds. The number of hydrogen-bond acceptors (Lipinski definition) is 4. The minimum Gasteiger partial charge on any atom is -0.423 e. The lowest BCUT2D eigenvalue weighted by Crippen LogP contribution is -2.41. The SMILES string of the molecule is Cc1ccc2c(CN3CCCCC3CO)cc(=O)oc2c1. The van der Waals surface area contributed by atoms with Gasteiger partial charge in [0.05, 0.1) is 6.61 Å². The van der Waals surface area contributed by atoms with Crippen molar-refractivity contribution >= 4 is 11.0 Å². The number of aryl methyl sites for hydroxylation is 1. The Morgan fingerprint density at radius 1 is 1.33 bits per heavy atom. The van der Waals surface area contributed by atoms with E-state index in [1.165, 1.54) is 6.42 Å². The molecule has 1 atom stereocenters. The molecular formula is C17H21NO3. The number of nitrogens with zero attached hydrogens (tertiary/aromatic N) is 1. The third-order valence-electron chi connectivity index (χ3n) is 4.32. The number of benzene rings is 1. The molecule has 0 spiro atoms. The largest absolute Gasteiger partial charge is 0.423 e. The molecule has 1 aromatic heterocycles. The van der Waals surface area contributed by atoms with E-state index in [9.17, 15) is 9.90 Å².